The SMILES string of the molecule is CC1CC(CI)N(CCCl)C1=O. The lowest BCUT2D eigenvalue weighted by atomic mass is 10.1. The molecule has 0 N–H and O–H groups in total. The van der Waals surface area contributed by atoms with Gasteiger partial charge in [-0.05, 0) is 6.42 Å². The first-order valence-electron chi connectivity index (χ1n) is 4.13. The van der Waals surface area contributed by atoms with Gasteiger partial charge in [-0.2, -0.15) is 0 Å². The summed E-state index contributed by atoms with van der Waals surface area (Å²) in [6, 6.07) is 0.423. The van der Waals surface area contributed by atoms with Gasteiger partial charge in [0.25, 0.3) is 0 Å². The lowest BCUT2D eigenvalue weighted by Gasteiger charge is -2.21. The van der Waals surface area contributed by atoms with Gasteiger partial charge in [0.1, 0.15) is 0 Å². The van der Waals surface area contributed by atoms with Crippen molar-refractivity contribution in [1.29, 1.82) is 0 Å². The standard InChI is InChI=1S/C8H13ClINO/c1-6-4-7(5-10)11(3-2-9)8(6)12/h6-7H,2-5H2,1H3. The number of amides is 1. The number of carbonyl (C=O) groups is 1. The van der Waals surface area contributed by atoms with Crippen molar-refractivity contribution in [3.05, 3.63) is 0 Å². The van der Waals surface area contributed by atoms with Gasteiger partial charge >= 0.3 is 0 Å². The molecule has 1 rings (SSSR count). The molecule has 2 atom stereocenters. The fourth-order valence-electron chi connectivity index (χ4n) is 1.63. The zero-order valence-electron chi connectivity index (χ0n) is 7.09. The summed E-state index contributed by atoms with van der Waals surface area (Å²) in [7, 11) is 0. The molecule has 1 fully saturated rings. The Bertz CT molecular complexity index is 176. The van der Waals surface area contributed by atoms with Gasteiger partial charge in [0.15, 0.2) is 0 Å². The topological polar surface area (TPSA) is 20.3 Å². The Morgan fingerprint density at radius 3 is 2.92 bits per heavy atom. The Morgan fingerprint density at radius 2 is 2.42 bits per heavy atom. The van der Waals surface area contributed by atoms with Crippen molar-refractivity contribution < 1.29 is 4.79 Å². The average Bonchev–Trinajstić information content (AvgIpc) is 2.33. The molecule has 0 bridgehead atoms. The minimum absolute atomic E-state index is 0.202. The van der Waals surface area contributed by atoms with E-state index in [1.54, 1.807) is 0 Å². The minimum Gasteiger partial charge on any atom is -0.337 e. The van der Waals surface area contributed by atoms with Crippen LogP contribution in [0.3, 0.4) is 0 Å². The first-order chi connectivity index (χ1) is 5.70. The summed E-state index contributed by atoms with van der Waals surface area (Å²) in [4.78, 5) is 13.4. The van der Waals surface area contributed by atoms with Crippen LogP contribution >= 0.6 is 34.2 Å². The molecule has 1 aliphatic rings. The largest absolute Gasteiger partial charge is 0.337 e. The number of rotatable bonds is 3. The molecular formula is C8H13ClINO. The molecule has 1 aliphatic heterocycles. The maximum absolute atomic E-state index is 11.5. The van der Waals surface area contributed by atoms with Crippen molar-refractivity contribution in [2.75, 3.05) is 16.9 Å². The molecule has 0 saturated carbocycles. The predicted octanol–water partition coefficient (Wildman–Crippen LogP) is 1.90. The summed E-state index contributed by atoms with van der Waals surface area (Å²) in [5.41, 5.74) is 0. The molecule has 0 spiro atoms. The van der Waals surface area contributed by atoms with Crippen LogP contribution in [0.5, 0.6) is 0 Å². The number of hydrogen-bond acceptors (Lipinski definition) is 1. The van der Waals surface area contributed by atoms with Crippen molar-refractivity contribution in [2.45, 2.75) is 19.4 Å². The summed E-state index contributed by atoms with van der Waals surface area (Å²) in [6.07, 6.45) is 0.999. The van der Waals surface area contributed by atoms with Crippen LogP contribution in [0.25, 0.3) is 0 Å². The zero-order valence-corrected chi connectivity index (χ0v) is 10.0. The molecular weight excluding hydrogens is 288 g/mol. The Kier molecular flexibility index (Phi) is 4.10. The maximum atomic E-state index is 11.5. The van der Waals surface area contributed by atoms with Gasteiger partial charge in [0.05, 0.1) is 0 Å². The van der Waals surface area contributed by atoms with Crippen molar-refractivity contribution in [2.24, 2.45) is 5.92 Å². The highest BCUT2D eigenvalue weighted by atomic mass is 127. The third-order valence-corrected chi connectivity index (χ3v) is 3.46. The summed E-state index contributed by atoms with van der Waals surface area (Å²) < 4.78 is 1.02. The van der Waals surface area contributed by atoms with Gasteiger partial charge in [-0.3, -0.25) is 4.79 Å². The molecule has 70 valence electrons. The molecule has 4 heteroatoms. The zero-order chi connectivity index (χ0) is 9.14. The van der Waals surface area contributed by atoms with E-state index in [9.17, 15) is 4.79 Å². The Labute approximate surface area is 91.8 Å². The Morgan fingerprint density at radius 1 is 1.75 bits per heavy atom. The third kappa shape index (κ3) is 2.05. The van der Waals surface area contributed by atoms with E-state index in [1.165, 1.54) is 0 Å². The Hall–Kier alpha value is 0.490. The fourth-order valence-corrected chi connectivity index (χ4v) is 2.65. The van der Waals surface area contributed by atoms with E-state index in [0.29, 0.717) is 18.5 Å². The normalized spacial score (nSPS) is 29.9. The molecule has 0 aliphatic carbocycles. The van der Waals surface area contributed by atoms with E-state index >= 15 is 0 Å². The first-order valence-corrected chi connectivity index (χ1v) is 6.19. The number of hydrogen-bond donors (Lipinski definition) is 0. The van der Waals surface area contributed by atoms with Crippen molar-refractivity contribution in [1.82, 2.24) is 4.90 Å². The van der Waals surface area contributed by atoms with Crippen molar-refractivity contribution >= 4 is 40.1 Å². The number of carbonyl (C=O) groups excluding carboxylic acids is 1. The van der Waals surface area contributed by atoms with Crippen LogP contribution in [-0.2, 0) is 4.79 Å². The lowest BCUT2D eigenvalue weighted by Crippen LogP contribution is -2.36. The summed E-state index contributed by atoms with van der Waals surface area (Å²) >= 11 is 7.95. The van der Waals surface area contributed by atoms with Crippen LogP contribution in [0.15, 0.2) is 0 Å². The van der Waals surface area contributed by atoms with Crippen LogP contribution < -0.4 is 0 Å². The molecule has 2 nitrogen and oxygen atoms in total. The summed E-state index contributed by atoms with van der Waals surface area (Å²) in [5.74, 6) is 1.02. The number of alkyl halides is 2. The number of halogens is 2. The van der Waals surface area contributed by atoms with Gasteiger partial charge in [0.2, 0.25) is 5.91 Å². The van der Waals surface area contributed by atoms with E-state index in [4.69, 9.17) is 11.6 Å². The van der Waals surface area contributed by atoms with Gasteiger partial charge in [-0.15, -0.1) is 11.6 Å². The van der Waals surface area contributed by atoms with Gasteiger partial charge in [-0.1, -0.05) is 29.5 Å². The predicted molar refractivity (Wildman–Crippen MR) is 58.9 cm³/mol. The van der Waals surface area contributed by atoms with Gasteiger partial charge < -0.3 is 4.90 Å². The molecule has 0 aromatic carbocycles. The lowest BCUT2D eigenvalue weighted by molar-refractivity contribution is -0.131. The molecule has 12 heavy (non-hydrogen) atoms. The van der Waals surface area contributed by atoms with Crippen LogP contribution in [0, 0.1) is 5.92 Å². The molecule has 2 unspecified atom stereocenters. The monoisotopic (exact) mass is 301 g/mol. The molecule has 0 aromatic heterocycles. The molecule has 1 amide bonds. The quantitative estimate of drug-likeness (QED) is 0.576. The van der Waals surface area contributed by atoms with E-state index in [2.05, 4.69) is 22.6 Å². The Balaban J connectivity index is 2.60. The van der Waals surface area contributed by atoms with Gasteiger partial charge in [-0.25, -0.2) is 0 Å². The summed E-state index contributed by atoms with van der Waals surface area (Å²) in [5, 5.41) is 0. The molecule has 1 saturated heterocycles. The van der Waals surface area contributed by atoms with E-state index in [-0.39, 0.29) is 11.8 Å². The van der Waals surface area contributed by atoms with E-state index in [1.807, 2.05) is 11.8 Å². The highest BCUT2D eigenvalue weighted by molar-refractivity contribution is 14.1. The van der Waals surface area contributed by atoms with Gasteiger partial charge in [0, 0.05) is 28.8 Å². The van der Waals surface area contributed by atoms with Crippen molar-refractivity contribution in [3.8, 4) is 0 Å². The summed E-state index contributed by atoms with van der Waals surface area (Å²) in [6.45, 7) is 2.70. The van der Waals surface area contributed by atoms with Crippen LogP contribution in [0.2, 0.25) is 0 Å². The van der Waals surface area contributed by atoms with Crippen LogP contribution in [0.1, 0.15) is 13.3 Å². The minimum atomic E-state index is 0.202. The maximum Gasteiger partial charge on any atom is 0.225 e. The van der Waals surface area contributed by atoms with E-state index in [0.717, 1.165) is 10.8 Å². The first kappa shape index (κ1) is 10.6. The molecule has 0 radical (unpaired) electrons. The number of likely N-dealkylation sites (tertiary alicyclic amines) is 1. The van der Waals surface area contributed by atoms with E-state index < -0.39 is 0 Å². The van der Waals surface area contributed by atoms with Crippen molar-refractivity contribution in [3.63, 3.8) is 0 Å². The molecule has 1 heterocycles. The second kappa shape index (κ2) is 4.65. The second-order valence-corrected chi connectivity index (χ2v) is 4.42. The fraction of sp³-hybridized carbons (Fsp3) is 0.875. The second-order valence-electron chi connectivity index (χ2n) is 3.17. The smallest absolute Gasteiger partial charge is 0.225 e. The number of nitrogens with zero attached hydrogens (tertiary/aromatic N) is 1. The average molecular weight is 302 g/mol. The van der Waals surface area contributed by atoms with Crippen LogP contribution in [0.4, 0.5) is 0 Å². The van der Waals surface area contributed by atoms with Crippen LogP contribution in [-0.4, -0.2) is 33.7 Å². The molecule has 0 aromatic rings. The third-order valence-electron chi connectivity index (χ3n) is 2.27. The highest BCUT2D eigenvalue weighted by Crippen LogP contribution is 2.25. The highest BCUT2D eigenvalue weighted by Gasteiger charge is 2.35.